The van der Waals surface area contributed by atoms with E-state index in [9.17, 15) is 8.42 Å². The number of hydrogen-bond donors (Lipinski definition) is 3. The van der Waals surface area contributed by atoms with Gasteiger partial charge in [0.2, 0.25) is 10.0 Å². The molecule has 4 rings (SSSR count). The van der Waals surface area contributed by atoms with Gasteiger partial charge in [-0.2, -0.15) is 0 Å². The molecule has 0 radical (unpaired) electrons. The van der Waals surface area contributed by atoms with Gasteiger partial charge in [-0.25, -0.2) is 13.4 Å². The van der Waals surface area contributed by atoms with E-state index in [-0.39, 0.29) is 30.6 Å². The molecule has 3 aromatic carbocycles. The zero-order chi connectivity index (χ0) is 24.8. The number of benzene rings is 3. The van der Waals surface area contributed by atoms with Crippen LogP contribution in [0.2, 0.25) is 0 Å². The maximum Gasteiger partial charge on any atom is 0.232 e. The van der Waals surface area contributed by atoms with Gasteiger partial charge in [0.1, 0.15) is 0 Å². The highest BCUT2D eigenvalue weighted by Crippen LogP contribution is 2.36. The van der Waals surface area contributed by atoms with Gasteiger partial charge in [-0.1, -0.05) is 28.4 Å². The summed E-state index contributed by atoms with van der Waals surface area (Å²) >= 11 is 0. The molecule has 0 amide bonds. The third-order valence-corrected chi connectivity index (χ3v) is 6.48. The molecule has 1 heterocycles. The average molecular weight is 561 g/mol. The topological polar surface area (TPSA) is 195 Å². The third kappa shape index (κ3) is 7.05. The van der Waals surface area contributed by atoms with Crippen molar-refractivity contribution in [1.82, 2.24) is 4.98 Å². The lowest BCUT2D eigenvalue weighted by molar-refractivity contribution is 0.599. The second kappa shape index (κ2) is 12.8. The number of pyridine rings is 1. The lowest BCUT2D eigenvalue weighted by atomic mass is 10.1. The summed E-state index contributed by atoms with van der Waals surface area (Å²) in [6.07, 6.45) is 0.371. The molecular weight excluding hydrogens is 539 g/mol. The Hall–Kier alpha value is -3.96. The molecule has 1 aromatic heterocycles. The van der Waals surface area contributed by atoms with E-state index >= 15 is 0 Å². The van der Waals surface area contributed by atoms with Crippen molar-refractivity contribution >= 4 is 85.1 Å². The molecule has 4 N–H and O–H groups in total. The molecule has 37 heavy (non-hydrogen) atoms. The van der Waals surface area contributed by atoms with Gasteiger partial charge in [0.25, 0.3) is 0 Å². The molecule has 0 aliphatic carbocycles. The van der Waals surface area contributed by atoms with Crippen LogP contribution in [0, 0.1) is 0 Å². The van der Waals surface area contributed by atoms with Crippen LogP contribution < -0.4 is 15.8 Å². The number of hydrogen-bond acceptors (Lipinski definition) is 7. The number of fused-ring (bicyclic) bond motifs is 2. The van der Waals surface area contributed by atoms with Gasteiger partial charge >= 0.3 is 0 Å². The van der Waals surface area contributed by atoms with Crippen LogP contribution in [0.5, 0.6) is 0 Å². The minimum absolute atomic E-state index is 0. The molecule has 0 fully saturated rings. The Morgan fingerprint density at radius 3 is 2.11 bits per heavy atom. The van der Waals surface area contributed by atoms with Crippen LogP contribution in [0.15, 0.2) is 70.9 Å². The van der Waals surface area contributed by atoms with E-state index in [0.717, 1.165) is 5.39 Å². The summed E-state index contributed by atoms with van der Waals surface area (Å²) in [4.78, 5) is 10.3. The van der Waals surface area contributed by atoms with Crippen molar-refractivity contribution < 1.29 is 8.42 Å². The Kier molecular flexibility index (Phi) is 10.2. The number of aromatic nitrogens is 1. The lowest BCUT2D eigenvalue weighted by Gasteiger charge is -2.15. The molecule has 0 spiro atoms. The minimum Gasteiger partial charge on any atom is -0.354 e. The summed E-state index contributed by atoms with van der Waals surface area (Å²) in [5.74, 6) is -0.0517. The number of sulfonamides is 1. The molecule has 192 valence electrons. The smallest absolute Gasteiger partial charge is 0.232 e. The Morgan fingerprint density at radius 1 is 0.838 bits per heavy atom. The van der Waals surface area contributed by atoms with Gasteiger partial charge < -0.3 is 11.1 Å². The van der Waals surface area contributed by atoms with Gasteiger partial charge in [0.15, 0.2) is 0 Å². The van der Waals surface area contributed by atoms with Crippen LogP contribution in [-0.2, 0) is 10.0 Å². The molecule has 4 aromatic rings. The molecule has 0 aliphatic heterocycles. The van der Waals surface area contributed by atoms with Crippen LogP contribution in [0.25, 0.3) is 42.7 Å². The molecule has 0 atom stereocenters. The number of nitrogens with two attached hydrogens (primary N) is 1. The van der Waals surface area contributed by atoms with Gasteiger partial charge in [0.05, 0.1) is 22.5 Å². The summed E-state index contributed by atoms with van der Waals surface area (Å²) in [5, 5.41) is 12.2. The largest absolute Gasteiger partial charge is 0.354 e. The summed E-state index contributed by atoms with van der Waals surface area (Å²) in [6.45, 7) is 0.295. The zero-order valence-corrected chi connectivity index (χ0v) is 21.6. The highest BCUT2D eigenvalue weighted by atomic mass is 35.5. The Morgan fingerprint density at radius 2 is 1.46 bits per heavy atom. The Balaban J connectivity index is 0.00000241. The summed E-state index contributed by atoms with van der Waals surface area (Å²) < 4.78 is 26.8. The van der Waals surface area contributed by atoms with Crippen LogP contribution in [0.3, 0.4) is 0 Å². The number of azide groups is 2. The van der Waals surface area contributed by atoms with E-state index in [0.29, 0.717) is 57.8 Å². The van der Waals surface area contributed by atoms with Gasteiger partial charge in [-0.3, -0.25) is 4.72 Å². The predicted octanol–water partition coefficient (Wildman–Crippen LogP) is 6.95. The lowest BCUT2D eigenvalue weighted by Crippen LogP contribution is -2.18. The van der Waals surface area contributed by atoms with Gasteiger partial charge in [0, 0.05) is 43.3 Å². The van der Waals surface area contributed by atoms with Gasteiger partial charge in [-0.15, -0.1) is 24.8 Å². The predicted molar refractivity (Wildman–Crippen MR) is 152 cm³/mol. The van der Waals surface area contributed by atoms with E-state index < -0.39 is 10.0 Å². The van der Waals surface area contributed by atoms with Gasteiger partial charge in [-0.05, 0) is 66.5 Å². The molecule has 0 saturated carbocycles. The second-order valence-electron chi connectivity index (χ2n) is 7.53. The first kappa shape index (κ1) is 29.3. The summed E-state index contributed by atoms with van der Waals surface area (Å²) in [6, 6.07) is 17.1. The van der Waals surface area contributed by atoms with E-state index in [1.165, 1.54) is 0 Å². The monoisotopic (exact) mass is 560 g/mol. The standard InChI is InChI=1S/C22H20N10O2S.2ClH/c23-10-1-11-35(33,34)30-15-4-2-14(3-5-15)26-22-18-8-6-17(29-32-25)13-21(18)27-20-9-7-16(28-31-24)12-19(20)22;;/h2-9,12-13,30H,1,10-11,23H2,(H,26,27);2*1H. The quantitative estimate of drug-likeness (QED) is 0.0859. The third-order valence-electron chi connectivity index (χ3n) is 5.11. The van der Waals surface area contributed by atoms with E-state index in [4.69, 9.17) is 16.8 Å². The van der Waals surface area contributed by atoms with Crippen molar-refractivity contribution in [2.45, 2.75) is 6.42 Å². The van der Waals surface area contributed by atoms with Crippen molar-refractivity contribution in [3.8, 4) is 0 Å². The molecule has 0 unspecified atom stereocenters. The van der Waals surface area contributed by atoms with Crippen molar-refractivity contribution in [2.75, 3.05) is 22.3 Å². The number of anilines is 3. The molecule has 12 nitrogen and oxygen atoms in total. The minimum atomic E-state index is -3.48. The first-order valence-corrected chi connectivity index (χ1v) is 12.1. The first-order chi connectivity index (χ1) is 16.9. The van der Waals surface area contributed by atoms with Crippen molar-refractivity contribution in [2.24, 2.45) is 16.0 Å². The fraction of sp³-hybridized carbons (Fsp3) is 0.136. The van der Waals surface area contributed by atoms with Crippen LogP contribution >= 0.6 is 24.8 Å². The maximum absolute atomic E-state index is 12.1. The number of halogens is 2. The highest BCUT2D eigenvalue weighted by molar-refractivity contribution is 7.92. The number of nitrogens with one attached hydrogen (secondary N) is 2. The van der Waals surface area contributed by atoms with E-state index in [2.05, 4.69) is 35.1 Å². The SMILES string of the molecule is Cl.Cl.[N-]=[N+]=Nc1ccc2c(Nc3ccc(NS(=O)(=O)CCCN)cc3)c3cc(N=[N+]=[N-])ccc3nc2c1. The van der Waals surface area contributed by atoms with Crippen LogP contribution in [-0.4, -0.2) is 25.7 Å². The first-order valence-electron chi connectivity index (χ1n) is 10.5. The Bertz CT molecular complexity index is 1620. The molecule has 0 bridgehead atoms. The number of rotatable bonds is 9. The van der Waals surface area contributed by atoms with Crippen molar-refractivity contribution in [1.29, 1.82) is 0 Å². The average Bonchev–Trinajstić information content (AvgIpc) is 2.84. The van der Waals surface area contributed by atoms with E-state index in [1.807, 2.05) is 0 Å². The highest BCUT2D eigenvalue weighted by Gasteiger charge is 2.12. The zero-order valence-electron chi connectivity index (χ0n) is 19.1. The fourth-order valence-corrected chi connectivity index (χ4v) is 4.70. The summed E-state index contributed by atoms with van der Waals surface area (Å²) in [5.41, 5.74) is 26.9. The molecular formula is C22H22Cl2N10O2S. The molecule has 15 heteroatoms. The maximum atomic E-state index is 12.1. The number of nitrogens with zero attached hydrogens (tertiary/aromatic N) is 7. The molecule has 0 saturated heterocycles. The van der Waals surface area contributed by atoms with Crippen molar-refractivity contribution in [3.63, 3.8) is 0 Å². The van der Waals surface area contributed by atoms with E-state index in [1.54, 1.807) is 60.7 Å². The fourth-order valence-electron chi connectivity index (χ4n) is 3.55. The molecule has 0 aliphatic rings. The Labute approximate surface area is 224 Å². The van der Waals surface area contributed by atoms with Crippen LogP contribution in [0.1, 0.15) is 6.42 Å². The van der Waals surface area contributed by atoms with Crippen molar-refractivity contribution in [3.05, 3.63) is 81.5 Å². The normalized spacial score (nSPS) is 10.4. The van der Waals surface area contributed by atoms with Crippen LogP contribution in [0.4, 0.5) is 28.4 Å². The second-order valence-corrected chi connectivity index (χ2v) is 9.38. The summed E-state index contributed by atoms with van der Waals surface area (Å²) in [7, 11) is -3.48.